The molecular weight excluding hydrogens is 382 g/mol. The smallest absolute Gasteiger partial charge is 0.255 e. The molecule has 2 aromatic rings. The third-order valence-corrected chi connectivity index (χ3v) is 7.84. The van der Waals surface area contributed by atoms with Gasteiger partial charge in [0.25, 0.3) is 5.56 Å². The minimum Gasteiger partial charge on any atom is -0.312 e. The SMILES string of the molecule is CC(=O)c1cc(CN2C[C@@H]3C[C@H](C2)c2ccc(CN4CCCC4)c(=O)n2C3)cs1. The van der Waals surface area contributed by atoms with Gasteiger partial charge in [-0.05, 0) is 68.3 Å². The number of rotatable bonds is 5. The number of fused-ring (bicyclic) bond motifs is 4. The summed E-state index contributed by atoms with van der Waals surface area (Å²) in [7, 11) is 0. The summed E-state index contributed by atoms with van der Waals surface area (Å²) in [6.45, 7) is 8.44. The number of carbonyl (C=O) groups excluding carboxylic acids is 1. The van der Waals surface area contributed by atoms with E-state index >= 15 is 0 Å². The molecule has 0 radical (unpaired) electrons. The van der Waals surface area contributed by atoms with Crippen LogP contribution in [0.25, 0.3) is 0 Å². The molecule has 2 atom stereocenters. The number of carbonyl (C=O) groups is 1. The Hall–Kier alpha value is -1.76. The quantitative estimate of drug-likeness (QED) is 0.708. The van der Waals surface area contributed by atoms with Gasteiger partial charge in [0.1, 0.15) is 0 Å². The number of piperidine rings is 1. The van der Waals surface area contributed by atoms with Crippen LogP contribution in [0, 0.1) is 5.92 Å². The number of hydrogen-bond acceptors (Lipinski definition) is 5. The second-order valence-electron chi connectivity index (χ2n) is 9.05. The largest absolute Gasteiger partial charge is 0.312 e. The Kier molecular flexibility index (Phi) is 5.18. The number of likely N-dealkylation sites (tertiary alicyclic amines) is 2. The summed E-state index contributed by atoms with van der Waals surface area (Å²) in [4.78, 5) is 30.5. The molecule has 5 heterocycles. The lowest BCUT2D eigenvalue weighted by Gasteiger charge is -2.43. The highest BCUT2D eigenvalue weighted by atomic mass is 32.1. The van der Waals surface area contributed by atoms with E-state index in [1.54, 1.807) is 18.3 Å². The summed E-state index contributed by atoms with van der Waals surface area (Å²) in [6, 6.07) is 6.35. The van der Waals surface area contributed by atoms with Crippen LogP contribution in [0.15, 0.2) is 28.4 Å². The maximum atomic E-state index is 13.2. The van der Waals surface area contributed by atoms with E-state index in [0.29, 0.717) is 11.8 Å². The normalized spacial score (nSPS) is 24.6. The van der Waals surface area contributed by atoms with E-state index < -0.39 is 0 Å². The number of aromatic nitrogens is 1. The molecule has 29 heavy (non-hydrogen) atoms. The molecule has 2 aromatic heterocycles. The Labute approximate surface area is 175 Å². The summed E-state index contributed by atoms with van der Waals surface area (Å²) in [6.07, 6.45) is 3.69. The van der Waals surface area contributed by atoms with Crippen molar-refractivity contribution in [3.8, 4) is 0 Å². The summed E-state index contributed by atoms with van der Waals surface area (Å²) < 4.78 is 2.08. The lowest BCUT2D eigenvalue weighted by atomic mass is 9.83. The van der Waals surface area contributed by atoms with Crippen LogP contribution in [0.4, 0.5) is 0 Å². The van der Waals surface area contributed by atoms with Crippen LogP contribution in [0.2, 0.25) is 0 Å². The topological polar surface area (TPSA) is 45.6 Å². The molecule has 2 fully saturated rings. The van der Waals surface area contributed by atoms with Crippen molar-refractivity contribution in [3.63, 3.8) is 0 Å². The predicted molar refractivity (Wildman–Crippen MR) is 116 cm³/mol. The van der Waals surface area contributed by atoms with Gasteiger partial charge in [0.15, 0.2) is 5.78 Å². The lowest BCUT2D eigenvalue weighted by molar-refractivity contribution is 0.102. The van der Waals surface area contributed by atoms with Crippen LogP contribution in [-0.4, -0.2) is 46.3 Å². The molecule has 0 saturated carbocycles. The second-order valence-corrected chi connectivity index (χ2v) is 9.96. The molecule has 154 valence electrons. The van der Waals surface area contributed by atoms with Crippen LogP contribution in [0.1, 0.15) is 58.6 Å². The monoisotopic (exact) mass is 411 g/mol. The van der Waals surface area contributed by atoms with Crippen molar-refractivity contribution in [2.45, 2.75) is 51.7 Å². The fraction of sp³-hybridized carbons (Fsp3) is 0.565. The molecule has 0 aliphatic carbocycles. The van der Waals surface area contributed by atoms with Gasteiger partial charge in [0.05, 0.1) is 4.88 Å². The van der Waals surface area contributed by atoms with Gasteiger partial charge in [0, 0.05) is 49.9 Å². The zero-order valence-electron chi connectivity index (χ0n) is 17.1. The zero-order valence-corrected chi connectivity index (χ0v) is 17.9. The highest BCUT2D eigenvalue weighted by molar-refractivity contribution is 7.12. The first-order chi connectivity index (χ1) is 14.1. The van der Waals surface area contributed by atoms with E-state index in [1.165, 1.54) is 30.5 Å². The molecule has 0 N–H and O–H groups in total. The third kappa shape index (κ3) is 3.86. The molecular formula is C23H29N3O2S. The van der Waals surface area contributed by atoms with E-state index in [4.69, 9.17) is 0 Å². The Morgan fingerprint density at radius 2 is 1.93 bits per heavy atom. The Morgan fingerprint density at radius 1 is 1.10 bits per heavy atom. The first-order valence-electron chi connectivity index (χ1n) is 10.8. The molecule has 2 bridgehead atoms. The number of hydrogen-bond donors (Lipinski definition) is 0. The highest BCUT2D eigenvalue weighted by Crippen LogP contribution is 2.36. The number of nitrogens with zero attached hydrogens (tertiary/aromatic N) is 3. The molecule has 5 rings (SSSR count). The van der Waals surface area contributed by atoms with Crippen molar-refractivity contribution in [1.29, 1.82) is 0 Å². The molecule has 3 aliphatic heterocycles. The number of thiophene rings is 1. The summed E-state index contributed by atoms with van der Waals surface area (Å²) in [5, 5.41) is 2.12. The molecule has 3 aliphatic rings. The van der Waals surface area contributed by atoms with E-state index in [9.17, 15) is 9.59 Å². The van der Waals surface area contributed by atoms with Gasteiger partial charge in [-0.3, -0.25) is 19.4 Å². The summed E-state index contributed by atoms with van der Waals surface area (Å²) >= 11 is 1.55. The van der Waals surface area contributed by atoms with Gasteiger partial charge >= 0.3 is 0 Å². The minimum atomic E-state index is 0.148. The predicted octanol–water partition coefficient (Wildman–Crippen LogP) is 3.33. The van der Waals surface area contributed by atoms with Crippen LogP contribution in [-0.2, 0) is 19.6 Å². The van der Waals surface area contributed by atoms with Crippen molar-refractivity contribution in [3.05, 3.63) is 55.6 Å². The molecule has 0 unspecified atom stereocenters. The van der Waals surface area contributed by atoms with Crippen LogP contribution in [0.5, 0.6) is 0 Å². The first kappa shape index (κ1) is 19.2. The number of pyridine rings is 1. The van der Waals surface area contributed by atoms with Gasteiger partial charge in [-0.1, -0.05) is 6.07 Å². The first-order valence-corrected chi connectivity index (χ1v) is 11.7. The zero-order chi connectivity index (χ0) is 20.0. The average Bonchev–Trinajstić information content (AvgIpc) is 3.36. The van der Waals surface area contributed by atoms with Gasteiger partial charge in [-0.2, -0.15) is 0 Å². The van der Waals surface area contributed by atoms with Crippen molar-refractivity contribution < 1.29 is 4.79 Å². The fourth-order valence-electron chi connectivity index (χ4n) is 5.42. The lowest BCUT2D eigenvalue weighted by Crippen LogP contribution is -2.47. The van der Waals surface area contributed by atoms with Crippen molar-refractivity contribution >= 4 is 17.1 Å². The third-order valence-electron chi connectivity index (χ3n) is 6.76. The minimum absolute atomic E-state index is 0.148. The van der Waals surface area contributed by atoms with Crippen LogP contribution in [0.3, 0.4) is 0 Å². The van der Waals surface area contributed by atoms with Gasteiger partial charge < -0.3 is 4.57 Å². The number of Topliss-reactive ketones (excluding diaryl/α,β-unsaturated/α-hetero) is 1. The molecule has 5 nitrogen and oxygen atoms in total. The van der Waals surface area contributed by atoms with Crippen molar-refractivity contribution in [1.82, 2.24) is 14.4 Å². The Morgan fingerprint density at radius 3 is 2.69 bits per heavy atom. The van der Waals surface area contributed by atoms with Crippen LogP contribution < -0.4 is 5.56 Å². The highest BCUT2D eigenvalue weighted by Gasteiger charge is 2.35. The second kappa shape index (κ2) is 7.82. The van der Waals surface area contributed by atoms with E-state index in [0.717, 1.165) is 56.3 Å². The summed E-state index contributed by atoms with van der Waals surface area (Å²) in [5.41, 5.74) is 3.65. The number of ketones is 1. The maximum absolute atomic E-state index is 13.2. The van der Waals surface area contributed by atoms with Gasteiger partial charge in [0.2, 0.25) is 0 Å². The Balaban J connectivity index is 1.33. The average molecular weight is 412 g/mol. The molecule has 6 heteroatoms. The van der Waals surface area contributed by atoms with E-state index in [-0.39, 0.29) is 11.3 Å². The standard InChI is InChI=1S/C23H29N3O2S/c1-16(27)22-9-18(15-29-22)11-25-10-17-8-20(14-25)21-5-4-19(23(28)26(21)12-17)13-24-6-2-3-7-24/h4-5,9,15,17,20H,2-3,6-8,10-14H2,1H3/t17-,20+/m0/s1. The molecule has 0 spiro atoms. The van der Waals surface area contributed by atoms with Gasteiger partial charge in [-0.25, -0.2) is 0 Å². The maximum Gasteiger partial charge on any atom is 0.255 e. The van der Waals surface area contributed by atoms with E-state index in [1.807, 2.05) is 6.07 Å². The van der Waals surface area contributed by atoms with E-state index in [2.05, 4.69) is 31.9 Å². The summed E-state index contributed by atoms with van der Waals surface area (Å²) in [5.74, 6) is 1.11. The molecule has 0 amide bonds. The molecule has 2 saturated heterocycles. The van der Waals surface area contributed by atoms with Crippen LogP contribution >= 0.6 is 11.3 Å². The molecule has 0 aromatic carbocycles. The Bertz CT molecular complexity index is 973. The van der Waals surface area contributed by atoms with Gasteiger partial charge in [-0.15, -0.1) is 11.3 Å². The van der Waals surface area contributed by atoms with Crippen molar-refractivity contribution in [2.24, 2.45) is 5.92 Å². The fourth-order valence-corrected chi connectivity index (χ4v) is 6.23. The van der Waals surface area contributed by atoms with Crippen molar-refractivity contribution in [2.75, 3.05) is 26.2 Å².